The number of rotatable bonds is 16. The van der Waals surface area contributed by atoms with Crippen LogP contribution in [0.3, 0.4) is 0 Å². The predicted octanol–water partition coefficient (Wildman–Crippen LogP) is 6.82. The number of oxime groups is 1. The zero-order chi connectivity index (χ0) is 43.1. The molecule has 0 aliphatic carbocycles. The standard InChI is InChI=1S/C42H43F2N4O12P/c1-27-20-42(60-46-27)16-15-28(2)47-23-35(42)48-22-33(39(50)45-21-31-13-14-32(43)19-34(31)44)37(49)38(36(48)40(47)51)55-26-56-41(52)54-17-18-57-61(53,58-24-29-9-5-3-6-10-29)59-25-30-11-7-4-8-12-30/h3-14,19,22,28,35H,15-18,20-21,23-26H2,1-2H3,(H,45,50)/t28-,35+,42-/m0/s1. The van der Waals surface area contributed by atoms with Crippen LogP contribution >= 0.6 is 7.82 Å². The summed E-state index contributed by atoms with van der Waals surface area (Å²) in [7, 11) is -4.18. The lowest BCUT2D eigenvalue weighted by Gasteiger charge is -2.42. The van der Waals surface area contributed by atoms with Gasteiger partial charge in [0.25, 0.3) is 11.8 Å². The molecule has 4 aromatic rings. The lowest BCUT2D eigenvalue weighted by Crippen LogP contribution is -2.52. The van der Waals surface area contributed by atoms with E-state index in [1.807, 2.05) is 26.0 Å². The van der Waals surface area contributed by atoms with Crippen LogP contribution in [0.5, 0.6) is 5.75 Å². The van der Waals surface area contributed by atoms with Gasteiger partial charge in [0.05, 0.1) is 31.6 Å². The van der Waals surface area contributed by atoms with E-state index < -0.39 is 92.4 Å². The molecule has 1 fully saturated rings. The summed E-state index contributed by atoms with van der Waals surface area (Å²) in [5.41, 5.74) is -0.547. The first-order valence-electron chi connectivity index (χ1n) is 19.4. The lowest BCUT2D eigenvalue weighted by molar-refractivity contribution is -0.0658. The summed E-state index contributed by atoms with van der Waals surface area (Å²) < 4.78 is 75.4. The Morgan fingerprint density at radius 3 is 2.28 bits per heavy atom. The number of ether oxygens (including phenoxy) is 3. The van der Waals surface area contributed by atoms with Crippen LogP contribution in [0.15, 0.2) is 95.0 Å². The molecule has 1 spiro atoms. The van der Waals surface area contributed by atoms with Crippen molar-refractivity contribution in [1.29, 1.82) is 0 Å². The zero-order valence-electron chi connectivity index (χ0n) is 33.3. The first-order chi connectivity index (χ1) is 29.3. The van der Waals surface area contributed by atoms with Crippen molar-refractivity contribution in [3.8, 4) is 5.75 Å². The second kappa shape index (κ2) is 18.8. The highest BCUT2D eigenvalue weighted by molar-refractivity contribution is 7.48. The number of carbonyl (C=O) groups excluding carboxylic acids is 3. The van der Waals surface area contributed by atoms with E-state index in [0.717, 1.165) is 17.8 Å². The van der Waals surface area contributed by atoms with Gasteiger partial charge in [0.2, 0.25) is 18.0 Å². The highest BCUT2D eigenvalue weighted by Gasteiger charge is 2.54. The number of fused-ring (bicyclic) bond motifs is 5. The molecule has 19 heteroatoms. The topological polar surface area (TPSA) is 183 Å². The minimum Gasteiger partial charge on any atom is -0.451 e. The summed E-state index contributed by atoms with van der Waals surface area (Å²) in [6.45, 7) is 1.42. The highest BCUT2D eigenvalue weighted by Crippen LogP contribution is 2.51. The van der Waals surface area contributed by atoms with Gasteiger partial charge in [-0.1, -0.05) is 71.9 Å². The highest BCUT2D eigenvalue weighted by atomic mass is 31.2. The van der Waals surface area contributed by atoms with E-state index in [-0.39, 0.29) is 37.1 Å². The van der Waals surface area contributed by atoms with Crippen LogP contribution in [-0.4, -0.2) is 71.3 Å². The van der Waals surface area contributed by atoms with Gasteiger partial charge in [0.15, 0.2) is 11.3 Å². The van der Waals surface area contributed by atoms with Crippen LogP contribution in [0.2, 0.25) is 0 Å². The second-order valence-electron chi connectivity index (χ2n) is 14.7. The number of phosphoric acid groups is 1. The molecule has 1 saturated heterocycles. The van der Waals surface area contributed by atoms with E-state index >= 15 is 0 Å². The number of hydrogen-bond donors (Lipinski definition) is 1. The maximum absolute atomic E-state index is 14.4. The average Bonchev–Trinajstić information content (AvgIpc) is 3.59. The van der Waals surface area contributed by atoms with Crippen molar-refractivity contribution >= 4 is 31.5 Å². The molecule has 3 atom stereocenters. The van der Waals surface area contributed by atoms with Gasteiger partial charge in [0, 0.05) is 43.4 Å². The van der Waals surface area contributed by atoms with Crippen molar-refractivity contribution in [2.45, 2.75) is 70.6 Å². The van der Waals surface area contributed by atoms with Crippen molar-refractivity contribution in [1.82, 2.24) is 14.8 Å². The van der Waals surface area contributed by atoms with Gasteiger partial charge in [0.1, 0.15) is 23.8 Å². The summed E-state index contributed by atoms with van der Waals surface area (Å²) in [6.07, 6.45) is 1.40. The van der Waals surface area contributed by atoms with Crippen LogP contribution in [0.25, 0.3) is 0 Å². The van der Waals surface area contributed by atoms with Crippen LogP contribution in [0, 0.1) is 11.6 Å². The fourth-order valence-corrected chi connectivity index (χ4v) is 8.50. The number of hydrogen-bond acceptors (Lipinski definition) is 13. The number of nitrogens with one attached hydrogen (secondary N) is 1. The van der Waals surface area contributed by atoms with Crippen LogP contribution < -0.4 is 15.5 Å². The van der Waals surface area contributed by atoms with E-state index in [1.165, 1.54) is 10.8 Å². The molecule has 16 nitrogen and oxygen atoms in total. The maximum atomic E-state index is 14.4. The van der Waals surface area contributed by atoms with Crippen molar-refractivity contribution < 1.29 is 60.3 Å². The molecule has 1 aromatic heterocycles. The van der Waals surface area contributed by atoms with Crippen molar-refractivity contribution in [2.75, 3.05) is 26.6 Å². The quantitative estimate of drug-likeness (QED) is 0.0538. The van der Waals surface area contributed by atoms with Gasteiger partial charge in [-0.15, -0.1) is 0 Å². The SMILES string of the molecule is CC1=NO[C@@]2(CC[C@H](C)N3C[C@H]2n2cc(C(=O)NCc4ccc(F)cc4F)c(=O)c(OCOC(=O)OCCOP(=O)(OCc4ccccc4)OCc4ccccc4)c2C3=O)C1. The molecule has 0 radical (unpaired) electrons. The van der Waals surface area contributed by atoms with Crippen molar-refractivity contribution in [2.24, 2.45) is 5.16 Å². The Balaban J connectivity index is 1.05. The molecule has 0 unspecified atom stereocenters. The molecule has 1 N–H and O–H groups in total. The molecule has 3 aliphatic heterocycles. The Labute approximate surface area is 348 Å². The third-order valence-corrected chi connectivity index (χ3v) is 11.9. The monoisotopic (exact) mass is 864 g/mol. The summed E-state index contributed by atoms with van der Waals surface area (Å²) in [4.78, 5) is 62.2. The summed E-state index contributed by atoms with van der Waals surface area (Å²) in [6, 6.07) is 19.8. The third-order valence-electron chi connectivity index (χ3n) is 10.5. The molecule has 4 heterocycles. The average molecular weight is 865 g/mol. The van der Waals surface area contributed by atoms with Crippen molar-refractivity contribution in [3.63, 3.8) is 0 Å². The number of nitrogens with zero attached hydrogens (tertiary/aromatic N) is 3. The van der Waals surface area contributed by atoms with E-state index in [1.54, 1.807) is 53.4 Å². The normalized spacial score (nSPS) is 19.4. The minimum atomic E-state index is -4.18. The number of aromatic nitrogens is 1. The fourth-order valence-electron chi connectivity index (χ4n) is 7.36. The summed E-state index contributed by atoms with van der Waals surface area (Å²) in [5.74, 6) is -3.82. The molecule has 2 amide bonds. The molecule has 7 rings (SSSR count). The second-order valence-corrected chi connectivity index (χ2v) is 16.4. The number of carbonyl (C=O) groups is 3. The molecule has 61 heavy (non-hydrogen) atoms. The number of pyridine rings is 1. The number of halogens is 2. The molecular weight excluding hydrogens is 821 g/mol. The van der Waals surface area contributed by atoms with Gasteiger partial charge in [-0.2, -0.15) is 0 Å². The molecular formula is C42H43F2N4O12P. The molecule has 3 aliphatic rings. The van der Waals surface area contributed by atoms with Gasteiger partial charge >= 0.3 is 14.0 Å². The molecule has 2 bridgehead atoms. The molecule has 0 saturated carbocycles. The Hall–Kier alpha value is -5.94. The Bertz CT molecular complexity index is 2360. The predicted molar refractivity (Wildman–Crippen MR) is 212 cm³/mol. The van der Waals surface area contributed by atoms with Gasteiger partial charge in [-0.05, 0) is 43.9 Å². The fraction of sp³-hybridized carbons (Fsp3) is 0.357. The molecule has 3 aromatic carbocycles. The van der Waals surface area contributed by atoms with E-state index in [0.29, 0.717) is 36.5 Å². The first-order valence-corrected chi connectivity index (χ1v) is 20.9. The van der Waals surface area contributed by atoms with Crippen molar-refractivity contribution in [3.05, 3.63) is 135 Å². The van der Waals surface area contributed by atoms with Crippen LogP contribution in [0.1, 0.15) is 76.7 Å². The Morgan fingerprint density at radius 2 is 1.64 bits per heavy atom. The Kier molecular flexibility index (Phi) is 13.3. The van der Waals surface area contributed by atoms with Gasteiger partial charge in [-0.25, -0.2) is 18.1 Å². The smallest absolute Gasteiger partial charge is 0.451 e. The summed E-state index contributed by atoms with van der Waals surface area (Å²) >= 11 is 0. The summed E-state index contributed by atoms with van der Waals surface area (Å²) in [5, 5.41) is 6.68. The first kappa shape index (κ1) is 43.2. The minimum absolute atomic E-state index is 0.0432. The van der Waals surface area contributed by atoms with E-state index in [4.69, 9.17) is 32.6 Å². The molecule has 322 valence electrons. The number of benzene rings is 3. The third kappa shape index (κ3) is 10.00. The zero-order valence-corrected chi connectivity index (χ0v) is 34.1. The van der Waals surface area contributed by atoms with Gasteiger partial charge < -0.3 is 33.8 Å². The Morgan fingerprint density at radius 1 is 0.951 bits per heavy atom. The van der Waals surface area contributed by atoms with E-state index in [2.05, 4.69) is 10.5 Å². The van der Waals surface area contributed by atoms with E-state index in [9.17, 15) is 32.5 Å². The van der Waals surface area contributed by atoms with Gasteiger partial charge in [-0.3, -0.25) is 28.0 Å². The number of phosphoric ester groups is 1. The largest absolute Gasteiger partial charge is 0.511 e. The lowest BCUT2D eigenvalue weighted by atomic mass is 9.84. The van der Waals surface area contributed by atoms with Crippen LogP contribution in [0.4, 0.5) is 13.6 Å². The number of amides is 2. The van der Waals surface area contributed by atoms with Crippen LogP contribution in [-0.2, 0) is 52.2 Å². The maximum Gasteiger partial charge on any atom is 0.511 e.